The van der Waals surface area contributed by atoms with Gasteiger partial charge in [0.2, 0.25) is 5.91 Å². The lowest BCUT2D eigenvalue weighted by atomic mass is 10.0. The molecule has 0 spiro atoms. The van der Waals surface area contributed by atoms with Crippen molar-refractivity contribution in [2.45, 2.75) is 19.9 Å². The van der Waals surface area contributed by atoms with Gasteiger partial charge in [-0.3, -0.25) is 4.79 Å². The zero-order chi connectivity index (χ0) is 13.8. The summed E-state index contributed by atoms with van der Waals surface area (Å²) >= 11 is 0. The van der Waals surface area contributed by atoms with Gasteiger partial charge in [-0.05, 0) is 31.0 Å². The van der Waals surface area contributed by atoms with Crippen LogP contribution in [0.2, 0.25) is 0 Å². The van der Waals surface area contributed by atoms with E-state index < -0.39 is 6.04 Å². The molecule has 0 radical (unpaired) electrons. The average molecular weight is 254 g/mol. The number of benzene rings is 2. The van der Waals surface area contributed by atoms with Gasteiger partial charge in [0.25, 0.3) is 0 Å². The Morgan fingerprint density at radius 2 is 1.84 bits per heavy atom. The molecular weight excluding hydrogens is 236 g/mol. The van der Waals surface area contributed by atoms with Crippen LogP contribution in [0.25, 0.3) is 0 Å². The van der Waals surface area contributed by atoms with Crippen LogP contribution in [0.15, 0.2) is 48.5 Å². The van der Waals surface area contributed by atoms with Crippen molar-refractivity contribution in [3.05, 3.63) is 65.2 Å². The molecule has 0 aliphatic heterocycles. The van der Waals surface area contributed by atoms with Gasteiger partial charge in [0.1, 0.15) is 6.04 Å². The van der Waals surface area contributed by atoms with Gasteiger partial charge in [0, 0.05) is 5.69 Å². The Morgan fingerprint density at radius 1 is 1.11 bits per heavy atom. The van der Waals surface area contributed by atoms with E-state index in [2.05, 4.69) is 5.32 Å². The van der Waals surface area contributed by atoms with E-state index in [0.717, 1.165) is 22.4 Å². The molecule has 3 N–H and O–H groups in total. The fourth-order valence-electron chi connectivity index (χ4n) is 2.06. The molecule has 1 amide bonds. The standard InChI is InChI=1S/C16H18N2O/c1-11-6-5-8-13(10-11)15(16(17)19)18-14-9-4-3-7-12(14)2/h3-10,15,18H,1-2H3,(H2,17,19). The summed E-state index contributed by atoms with van der Waals surface area (Å²) in [6.07, 6.45) is 0. The van der Waals surface area contributed by atoms with Crippen molar-refractivity contribution in [1.82, 2.24) is 0 Å². The second kappa shape index (κ2) is 5.57. The number of aryl methyl sites for hydroxylation is 2. The molecular formula is C16H18N2O. The van der Waals surface area contributed by atoms with Crippen LogP contribution >= 0.6 is 0 Å². The topological polar surface area (TPSA) is 55.1 Å². The molecule has 2 rings (SSSR count). The van der Waals surface area contributed by atoms with Crippen molar-refractivity contribution in [3.8, 4) is 0 Å². The minimum Gasteiger partial charge on any atom is -0.370 e. The summed E-state index contributed by atoms with van der Waals surface area (Å²) in [4.78, 5) is 11.7. The van der Waals surface area contributed by atoms with Gasteiger partial charge in [-0.2, -0.15) is 0 Å². The number of para-hydroxylation sites is 1. The Bertz CT molecular complexity index is 593. The van der Waals surface area contributed by atoms with Crippen molar-refractivity contribution >= 4 is 11.6 Å². The van der Waals surface area contributed by atoms with E-state index >= 15 is 0 Å². The molecule has 0 aliphatic carbocycles. The van der Waals surface area contributed by atoms with Crippen LogP contribution in [0.1, 0.15) is 22.7 Å². The van der Waals surface area contributed by atoms with Crippen LogP contribution in [0.4, 0.5) is 5.69 Å². The minimum absolute atomic E-state index is 0.381. The molecule has 3 nitrogen and oxygen atoms in total. The van der Waals surface area contributed by atoms with E-state index in [-0.39, 0.29) is 5.91 Å². The largest absolute Gasteiger partial charge is 0.370 e. The lowest BCUT2D eigenvalue weighted by Crippen LogP contribution is -2.28. The molecule has 3 heteroatoms. The van der Waals surface area contributed by atoms with E-state index in [4.69, 9.17) is 5.73 Å². The van der Waals surface area contributed by atoms with Gasteiger partial charge in [-0.1, -0.05) is 48.0 Å². The third-order valence-corrected chi connectivity index (χ3v) is 3.10. The summed E-state index contributed by atoms with van der Waals surface area (Å²) in [6.45, 7) is 3.99. The number of hydrogen-bond donors (Lipinski definition) is 2. The van der Waals surface area contributed by atoms with E-state index in [1.807, 2.05) is 62.4 Å². The van der Waals surface area contributed by atoms with Crippen LogP contribution in [0.3, 0.4) is 0 Å². The monoisotopic (exact) mass is 254 g/mol. The minimum atomic E-state index is -0.513. The Balaban J connectivity index is 2.32. The van der Waals surface area contributed by atoms with Crippen LogP contribution < -0.4 is 11.1 Å². The molecule has 0 aromatic heterocycles. The average Bonchev–Trinajstić information content (AvgIpc) is 2.37. The molecule has 1 unspecified atom stereocenters. The molecule has 2 aromatic carbocycles. The maximum atomic E-state index is 11.7. The molecule has 0 aliphatic rings. The normalized spacial score (nSPS) is 11.9. The number of carbonyl (C=O) groups is 1. The summed E-state index contributed by atoms with van der Waals surface area (Å²) < 4.78 is 0. The SMILES string of the molecule is Cc1cccc(C(Nc2ccccc2C)C(N)=O)c1. The summed E-state index contributed by atoms with van der Waals surface area (Å²) in [7, 11) is 0. The van der Waals surface area contributed by atoms with Crippen molar-refractivity contribution in [2.75, 3.05) is 5.32 Å². The Hall–Kier alpha value is -2.29. The Kier molecular flexibility index (Phi) is 3.85. The highest BCUT2D eigenvalue weighted by molar-refractivity contribution is 5.84. The summed E-state index contributed by atoms with van der Waals surface area (Å²) in [5.74, 6) is -0.381. The number of nitrogens with two attached hydrogens (primary N) is 1. The lowest BCUT2D eigenvalue weighted by molar-refractivity contribution is -0.118. The van der Waals surface area contributed by atoms with E-state index in [0.29, 0.717) is 0 Å². The first kappa shape index (κ1) is 13.1. The first-order valence-corrected chi connectivity index (χ1v) is 6.26. The second-order valence-corrected chi connectivity index (χ2v) is 4.71. The summed E-state index contributed by atoms with van der Waals surface area (Å²) in [6, 6.07) is 15.1. The second-order valence-electron chi connectivity index (χ2n) is 4.71. The van der Waals surface area contributed by atoms with Gasteiger partial charge in [-0.15, -0.1) is 0 Å². The maximum Gasteiger partial charge on any atom is 0.244 e. The number of amides is 1. The zero-order valence-corrected chi connectivity index (χ0v) is 11.2. The highest BCUT2D eigenvalue weighted by atomic mass is 16.1. The van der Waals surface area contributed by atoms with Gasteiger partial charge in [0.05, 0.1) is 0 Å². The van der Waals surface area contributed by atoms with E-state index in [1.165, 1.54) is 0 Å². The molecule has 19 heavy (non-hydrogen) atoms. The molecule has 0 bridgehead atoms. The van der Waals surface area contributed by atoms with Crippen molar-refractivity contribution in [2.24, 2.45) is 5.73 Å². The number of rotatable bonds is 4. The van der Waals surface area contributed by atoms with Gasteiger partial charge in [-0.25, -0.2) is 0 Å². The van der Waals surface area contributed by atoms with E-state index in [1.54, 1.807) is 0 Å². The molecule has 0 fully saturated rings. The lowest BCUT2D eigenvalue weighted by Gasteiger charge is -2.19. The van der Waals surface area contributed by atoms with Gasteiger partial charge >= 0.3 is 0 Å². The number of hydrogen-bond acceptors (Lipinski definition) is 2. The first-order chi connectivity index (χ1) is 9.08. The number of primary amides is 1. The fraction of sp³-hybridized carbons (Fsp3) is 0.188. The van der Waals surface area contributed by atoms with Crippen LogP contribution in [-0.2, 0) is 4.79 Å². The number of carbonyl (C=O) groups excluding carboxylic acids is 1. The summed E-state index contributed by atoms with van der Waals surface area (Å²) in [5.41, 5.74) is 9.52. The Morgan fingerprint density at radius 3 is 2.47 bits per heavy atom. The molecule has 0 saturated carbocycles. The van der Waals surface area contributed by atoms with E-state index in [9.17, 15) is 4.79 Å². The smallest absolute Gasteiger partial charge is 0.244 e. The summed E-state index contributed by atoms with van der Waals surface area (Å²) in [5, 5.41) is 3.22. The maximum absolute atomic E-state index is 11.7. The molecule has 1 atom stereocenters. The third kappa shape index (κ3) is 3.13. The fourth-order valence-corrected chi connectivity index (χ4v) is 2.06. The Labute approximate surface area is 113 Å². The molecule has 0 heterocycles. The molecule has 0 saturated heterocycles. The first-order valence-electron chi connectivity index (χ1n) is 6.26. The molecule has 2 aromatic rings. The number of nitrogens with one attached hydrogen (secondary N) is 1. The van der Waals surface area contributed by atoms with Crippen LogP contribution in [-0.4, -0.2) is 5.91 Å². The highest BCUT2D eigenvalue weighted by Crippen LogP contribution is 2.22. The highest BCUT2D eigenvalue weighted by Gasteiger charge is 2.18. The molecule has 98 valence electrons. The van der Waals surface area contributed by atoms with Gasteiger partial charge < -0.3 is 11.1 Å². The van der Waals surface area contributed by atoms with Crippen LogP contribution in [0.5, 0.6) is 0 Å². The quantitative estimate of drug-likeness (QED) is 0.881. The predicted molar refractivity (Wildman–Crippen MR) is 77.9 cm³/mol. The predicted octanol–water partition coefficient (Wildman–Crippen LogP) is 2.94. The van der Waals surface area contributed by atoms with Crippen molar-refractivity contribution in [1.29, 1.82) is 0 Å². The van der Waals surface area contributed by atoms with Crippen LogP contribution in [0, 0.1) is 13.8 Å². The van der Waals surface area contributed by atoms with Crippen molar-refractivity contribution in [3.63, 3.8) is 0 Å². The number of anilines is 1. The van der Waals surface area contributed by atoms with Crippen molar-refractivity contribution < 1.29 is 4.79 Å². The van der Waals surface area contributed by atoms with Gasteiger partial charge in [0.15, 0.2) is 0 Å². The third-order valence-electron chi connectivity index (χ3n) is 3.10. The zero-order valence-electron chi connectivity index (χ0n) is 11.2.